The second-order valence-corrected chi connectivity index (χ2v) is 4.78. The third kappa shape index (κ3) is 2.59. The molecular formula is C14H14N8O. The van der Waals surface area contributed by atoms with Gasteiger partial charge in [0.25, 0.3) is 0 Å². The summed E-state index contributed by atoms with van der Waals surface area (Å²) in [6, 6.07) is 5.43. The average Bonchev–Trinajstić information content (AvgIpc) is 3.06. The van der Waals surface area contributed by atoms with E-state index in [1.165, 1.54) is 15.6 Å². The summed E-state index contributed by atoms with van der Waals surface area (Å²) in [4.78, 5) is 15.2. The maximum Gasteiger partial charge on any atom is 0.183 e. The Morgan fingerprint density at radius 3 is 2.83 bits per heavy atom. The van der Waals surface area contributed by atoms with E-state index in [0.29, 0.717) is 40.7 Å². The first kappa shape index (κ1) is 14.6. The van der Waals surface area contributed by atoms with Crippen molar-refractivity contribution in [3.63, 3.8) is 0 Å². The molecule has 0 unspecified atom stereocenters. The number of nitrogen functional groups attached to an aromatic ring is 1. The molecule has 3 rings (SSSR count). The molecule has 0 atom stereocenters. The van der Waals surface area contributed by atoms with E-state index in [1.54, 1.807) is 32.3 Å². The van der Waals surface area contributed by atoms with Crippen molar-refractivity contribution in [1.29, 1.82) is 0 Å². The van der Waals surface area contributed by atoms with Gasteiger partial charge in [-0.25, -0.2) is 9.67 Å². The van der Waals surface area contributed by atoms with Gasteiger partial charge in [-0.3, -0.25) is 4.79 Å². The first-order valence-corrected chi connectivity index (χ1v) is 6.77. The highest BCUT2D eigenvalue weighted by molar-refractivity contribution is 5.81. The van der Waals surface area contributed by atoms with Crippen LogP contribution >= 0.6 is 0 Å². The predicted molar refractivity (Wildman–Crippen MR) is 83.3 cm³/mol. The number of rotatable bonds is 4. The van der Waals surface area contributed by atoms with Crippen LogP contribution in [0.3, 0.4) is 0 Å². The summed E-state index contributed by atoms with van der Waals surface area (Å²) in [6.45, 7) is 1.77. The zero-order valence-electron chi connectivity index (χ0n) is 12.6. The highest BCUT2D eigenvalue weighted by Crippen LogP contribution is 2.30. The first-order chi connectivity index (χ1) is 11.1. The molecule has 3 aromatic heterocycles. The van der Waals surface area contributed by atoms with Crippen molar-refractivity contribution < 1.29 is 4.79 Å². The molecule has 23 heavy (non-hydrogen) atoms. The Balaban J connectivity index is 2.01. The van der Waals surface area contributed by atoms with Gasteiger partial charge in [0.2, 0.25) is 0 Å². The van der Waals surface area contributed by atoms with Gasteiger partial charge in [-0.15, -0.1) is 10.2 Å². The zero-order valence-corrected chi connectivity index (χ0v) is 12.6. The second-order valence-electron chi connectivity index (χ2n) is 4.78. The van der Waals surface area contributed by atoms with Gasteiger partial charge in [0.1, 0.15) is 0 Å². The molecule has 2 N–H and O–H groups in total. The molecule has 0 amide bonds. The van der Waals surface area contributed by atoms with Gasteiger partial charge < -0.3 is 5.73 Å². The normalized spacial score (nSPS) is 11.2. The molecule has 0 aliphatic rings. The van der Waals surface area contributed by atoms with Crippen LogP contribution in [0.4, 0.5) is 17.3 Å². The quantitative estimate of drug-likeness (QED) is 0.585. The minimum Gasteiger partial charge on any atom is -0.382 e. The summed E-state index contributed by atoms with van der Waals surface area (Å²) in [7, 11) is 1.68. The van der Waals surface area contributed by atoms with E-state index >= 15 is 0 Å². The van der Waals surface area contributed by atoms with Crippen molar-refractivity contribution in [1.82, 2.24) is 24.5 Å². The molecule has 0 bridgehead atoms. The van der Waals surface area contributed by atoms with Crippen molar-refractivity contribution >= 4 is 23.6 Å². The third-order valence-corrected chi connectivity index (χ3v) is 3.24. The van der Waals surface area contributed by atoms with Gasteiger partial charge in [0, 0.05) is 13.2 Å². The predicted octanol–water partition coefficient (Wildman–Crippen LogP) is 2.12. The number of aryl methyl sites for hydroxylation is 2. The monoisotopic (exact) mass is 310 g/mol. The molecule has 9 heteroatoms. The fourth-order valence-electron chi connectivity index (χ4n) is 2.07. The number of carbonyl (C=O) groups excluding carboxylic acids is 1. The van der Waals surface area contributed by atoms with Crippen LogP contribution in [0.1, 0.15) is 16.1 Å². The highest BCUT2D eigenvalue weighted by Gasteiger charge is 2.15. The Morgan fingerprint density at radius 1 is 1.30 bits per heavy atom. The van der Waals surface area contributed by atoms with Crippen LogP contribution in [0, 0.1) is 6.92 Å². The smallest absolute Gasteiger partial charge is 0.183 e. The number of nitrogens with zero attached hydrogens (tertiary/aromatic N) is 7. The summed E-state index contributed by atoms with van der Waals surface area (Å²) >= 11 is 0. The SMILES string of the molecule is Cc1nn(-c2ccccn2)c(N)c1/N=N/c1c(C=O)cnn1C. The molecule has 0 fully saturated rings. The van der Waals surface area contributed by atoms with Crippen molar-refractivity contribution in [3.8, 4) is 5.82 Å². The number of carbonyl (C=O) groups is 1. The lowest BCUT2D eigenvalue weighted by molar-refractivity contribution is 0.112. The van der Waals surface area contributed by atoms with E-state index < -0.39 is 0 Å². The van der Waals surface area contributed by atoms with E-state index in [2.05, 4.69) is 25.4 Å². The fraction of sp³-hybridized carbons (Fsp3) is 0.143. The van der Waals surface area contributed by atoms with Gasteiger partial charge in [-0.05, 0) is 19.1 Å². The number of aldehydes is 1. The van der Waals surface area contributed by atoms with Crippen molar-refractivity contribution in [2.75, 3.05) is 5.73 Å². The number of hydrogen-bond donors (Lipinski definition) is 1. The molecule has 0 aromatic carbocycles. The molecule has 0 aliphatic heterocycles. The lowest BCUT2D eigenvalue weighted by atomic mass is 10.4. The summed E-state index contributed by atoms with van der Waals surface area (Å²) in [5.41, 5.74) is 7.48. The Kier molecular flexibility index (Phi) is 3.67. The lowest BCUT2D eigenvalue weighted by Gasteiger charge is -2.01. The maximum atomic E-state index is 11.0. The number of hydrogen-bond acceptors (Lipinski definition) is 7. The molecule has 0 aliphatic carbocycles. The minimum atomic E-state index is 0.319. The summed E-state index contributed by atoms with van der Waals surface area (Å²) in [6.07, 6.45) is 3.75. The van der Waals surface area contributed by atoms with Crippen LogP contribution in [0.5, 0.6) is 0 Å². The van der Waals surface area contributed by atoms with Crippen LogP contribution in [0.2, 0.25) is 0 Å². The van der Waals surface area contributed by atoms with Crippen molar-refractivity contribution in [3.05, 3.63) is 41.9 Å². The number of nitrogens with two attached hydrogens (primary N) is 1. The standard InChI is InChI=1S/C14H14N8O/c1-9-12(18-19-14-10(8-23)7-17-21(14)2)13(15)22(20-9)11-5-3-4-6-16-11/h3-8H,15H2,1-2H3/b19-18+. The maximum absolute atomic E-state index is 11.0. The topological polar surface area (TPSA) is 116 Å². The van der Waals surface area contributed by atoms with Crippen LogP contribution in [-0.4, -0.2) is 30.8 Å². The van der Waals surface area contributed by atoms with E-state index in [0.717, 1.165) is 0 Å². The fourth-order valence-corrected chi connectivity index (χ4v) is 2.07. The van der Waals surface area contributed by atoms with E-state index in [9.17, 15) is 4.79 Å². The number of anilines is 1. The van der Waals surface area contributed by atoms with Crippen LogP contribution in [0.15, 0.2) is 40.8 Å². The molecule has 0 spiro atoms. The van der Waals surface area contributed by atoms with E-state index in [-0.39, 0.29) is 0 Å². The Labute approximate surface area is 131 Å². The number of aromatic nitrogens is 5. The summed E-state index contributed by atoms with van der Waals surface area (Å²) < 4.78 is 2.95. The van der Waals surface area contributed by atoms with Gasteiger partial charge in [0.15, 0.2) is 29.4 Å². The zero-order chi connectivity index (χ0) is 16.4. The van der Waals surface area contributed by atoms with Crippen LogP contribution < -0.4 is 5.73 Å². The molecule has 116 valence electrons. The Bertz CT molecular complexity index is 878. The molecule has 3 heterocycles. The molecule has 9 nitrogen and oxygen atoms in total. The summed E-state index contributed by atoms with van der Waals surface area (Å²) in [5.74, 6) is 1.26. The molecule has 3 aromatic rings. The van der Waals surface area contributed by atoms with Crippen LogP contribution in [-0.2, 0) is 7.05 Å². The minimum absolute atomic E-state index is 0.319. The van der Waals surface area contributed by atoms with E-state index in [1.807, 2.05) is 6.07 Å². The highest BCUT2D eigenvalue weighted by atomic mass is 16.1. The van der Waals surface area contributed by atoms with Gasteiger partial charge in [-0.2, -0.15) is 14.9 Å². The molecule has 0 saturated carbocycles. The molecular weight excluding hydrogens is 296 g/mol. The molecule has 0 radical (unpaired) electrons. The Hall–Kier alpha value is -3.36. The van der Waals surface area contributed by atoms with Crippen molar-refractivity contribution in [2.24, 2.45) is 17.3 Å². The van der Waals surface area contributed by atoms with Crippen LogP contribution in [0.25, 0.3) is 5.82 Å². The van der Waals surface area contributed by atoms with Crippen molar-refractivity contribution in [2.45, 2.75) is 6.92 Å². The summed E-state index contributed by atoms with van der Waals surface area (Å²) in [5, 5.41) is 16.5. The second kappa shape index (κ2) is 5.79. The Morgan fingerprint density at radius 2 is 2.13 bits per heavy atom. The van der Waals surface area contributed by atoms with E-state index in [4.69, 9.17) is 5.73 Å². The number of pyridine rings is 1. The lowest BCUT2D eigenvalue weighted by Crippen LogP contribution is -2.03. The largest absolute Gasteiger partial charge is 0.382 e. The van der Waals surface area contributed by atoms with Gasteiger partial charge >= 0.3 is 0 Å². The number of azo groups is 1. The average molecular weight is 310 g/mol. The first-order valence-electron chi connectivity index (χ1n) is 6.77. The molecule has 0 saturated heterocycles. The van der Waals surface area contributed by atoms with Gasteiger partial charge in [0.05, 0.1) is 17.5 Å². The third-order valence-electron chi connectivity index (χ3n) is 3.24. The van der Waals surface area contributed by atoms with Gasteiger partial charge in [-0.1, -0.05) is 6.07 Å².